The van der Waals surface area contributed by atoms with Crippen LogP contribution in [0.15, 0.2) is 24.4 Å². The Balaban J connectivity index is 1.90. The van der Waals surface area contributed by atoms with E-state index in [-0.39, 0.29) is 5.82 Å². The van der Waals surface area contributed by atoms with Crippen LogP contribution >= 0.6 is 0 Å². The molecule has 17 heavy (non-hydrogen) atoms. The maximum atomic E-state index is 13.4. The molecule has 0 bridgehead atoms. The molecular weight excluding hydrogens is 219 g/mol. The molecule has 88 valence electrons. The van der Waals surface area contributed by atoms with Crippen LogP contribution in [0.25, 0.3) is 10.9 Å². The molecule has 1 unspecified atom stereocenters. The second-order valence-electron chi connectivity index (χ2n) is 4.20. The van der Waals surface area contributed by atoms with Crippen LogP contribution in [-0.4, -0.2) is 29.1 Å². The van der Waals surface area contributed by atoms with Crippen molar-refractivity contribution in [3.05, 3.63) is 30.2 Å². The molecule has 1 aromatic carbocycles. The minimum Gasteiger partial charge on any atom is -0.350 e. The molecular formula is C12H13FN4. The highest BCUT2D eigenvalue weighted by Crippen LogP contribution is 2.16. The third-order valence-corrected chi connectivity index (χ3v) is 2.97. The van der Waals surface area contributed by atoms with Gasteiger partial charge in [0.15, 0.2) is 0 Å². The molecule has 5 heteroatoms. The van der Waals surface area contributed by atoms with E-state index in [4.69, 9.17) is 0 Å². The molecule has 0 saturated carbocycles. The zero-order chi connectivity index (χ0) is 11.7. The van der Waals surface area contributed by atoms with Crippen molar-refractivity contribution in [1.82, 2.24) is 15.3 Å². The molecule has 0 aliphatic carbocycles. The number of anilines is 1. The van der Waals surface area contributed by atoms with Crippen LogP contribution in [0.3, 0.4) is 0 Å². The molecule has 2 heterocycles. The van der Waals surface area contributed by atoms with Crippen LogP contribution in [0.5, 0.6) is 0 Å². The normalized spacial score (nSPS) is 19.7. The quantitative estimate of drug-likeness (QED) is 0.824. The lowest BCUT2D eigenvalue weighted by molar-refractivity contribution is 0.639. The third kappa shape index (κ3) is 2.06. The van der Waals surface area contributed by atoms with E-state index >= 15 is 0 Å². The summed E-state index contributed by atoms with van der Waals surface area (Å²) in [6.07, 6.45) is 2.59. The summed E-state index contributed by atoms with van der Waals surface area (Å²) in [6, 6.07) is 5.23. The van der Waals surface area contributed by atoms with Gasteiger partial charge in [0.1, 0.15) is 5.82 Å². The molecule has 3 rings (SSSR count). The Bertz CT molecular complexity index is 537. The maximum Gasteiger partial charge on any atom is 0.223 e. The predicted molar refractivity (Wildman–Crippen MR) is 64.4 cm³/mol. The number of rotatable bonds is 2. The molecule has 0 spiro atoms. The van der Waals surface area contributed by atoms with Crippen molar-refractivity contribution in [2.75, 3.05) is 18.4 Å². The van der Waals surface area contributed by atoms with Gasteiger partial charge in [-0.25, -0.2) is 14.4 Å². The van der Waals surface area contributed by atoms with Gasteiger partial charge in [-0.2, -0.15) is 0 Å². The lowest BCUT2D eigenvalue weighted by Crippen LogP contribution is -2.23. The molecule has 1 aliphatic rings. The molecule has 1 atom stereocenters. The molecule has 0 amide bonds. The lowest BCUT2D eigenvalue weighted by atomic mass is 10.2. The summed E-state index contributed by atoms with van der Waals surface area (Å²) in [5.74, 6) is 0.286. The van der Waals surface area contributed by atoms with Crippen LogP contribution in [0, 0.1) is 5.82 Å². The smallest absolute Gasteiger partial charge is 0.223 e. The predicted octanol–water partition coefficient (Wildman–Crippen LogP) is 1.54. The van der Waals surface area contributed by atoms with Gasteiger partial charge in [0.2, 0.25) is 5.95 Å². The molecule has 1 fully saturated rings. The number of nitrogens with zero attached hydrogens (tertiary/aromatic N) is 2. The first-order chi connectivity index (χ1) is 8.33. The largest absolute Gasteiger partial charge is 0.350 e. The molecule has 0 radical (unpaired) electrons. The van der Waals surface area contributed by atoms with Gasteiger partial charge in [0.25, 0.3) is 0 Å². The van der Waals surface area contributed by atoms with Gasteiger partial charge in [-0.3, -0.25) is 0 Å². The fraction of sp³-hybridized carbons (Fsp3) is 0.333. The number of hydrogen-bond donors (Lipinski definition) is 2. The summed E-state index contributed by atoms with van der Waals surface area (Å²) in [5.41, 5.74) is 0.633. The van der Waals surface area contributed by atoms with Crippen molar-refractivity contribution < 1.29 is 4.39 Å². The monoisotopic (exact) mass is 232 g/mol. The Morgan fingerprint density at radius 1 is 1.41 bits per heavy atom. The topological polar surface area (TPSA) is 49.8 Å². The van der Waals surface area contributed by atoms with Crippen LogP contribution in [0.2, 0.25) is 0 Å². The van der Waals surface area contributed by atoms with Gasteiger partial charge >= 0.3 is 0 Å². The van der Waals surface area contributed by atoms with Crippen LogP contribution in [0.4, 0.5) is 10.3 Å². The Hall–Kier alpha value is -1.75. The number of hydrogen-bond acceptors (Lipinski definition) is 4. The summed E-state index contributed by atoms with van der Waals surface area (Å²) < 4.78 is 13.4. The first kappa shape index (κ1) is 10.4. The van der Waals surface area contributed by atoms with Gasteiger partial charge in [0, 0.05) is 18.8 Å². The highest BCUT2D eigenvalue weighted by molar-refractivity contribution is 5.79. The number of fused-ring (bicyclic) bond motifs is 1. The minimum absolute atomic E-state index is 0.281. The zero-order valence-corrected chi connectivity index (χ0v) is 9.28. The zero-order valence-electron chi connectivity index (χ0n) is 9.28. The number of benzene rings is 1. The van der Waals surface area contributed by atoms with Crippen molar-refractivity contribution in [2.45, 2.75) is 12.5 Å². The van der Waals surface area contributed by atoms with Gasteiger partial charge in [-0.15, -0.1) is 0 Å². The molecule has 4 nitrogen and oxygen atoms in total. The molecule has 2 aromatic rings. The van der Waals surface area contributed by atoms with E-state index in [1.807, 2.05) is 0 Å². The van der Waals surface area contributed by atoms with E-state index < -0.39 is 0 Å². The average molecular weight is 232 g/mol. The van der Waals surface area contributed by atoms with Crippen molar-refractivity contribution in [2.24, 2.45) is 0 Å². The van der Waals surface area contributed by atoms with Gasteiger partial charge in [-0.1, -0.05) is 6.07 Å². The Labute approximate surface area is 98.3 Å². The highest BCUT2D eigenvalue weighted by Gasteiger charge is 2.15. The first-order valence-electron chi connectivity index (χ1n) is 5.71. The third-order valence-electron chi connectivity index (χ3n) is 2.97. The summed E-state index contributed by atoms with van der Waals surface area (Å²) in [4.78, 5) is 8.45. The summed E-state index contributed by atoms with van der Waals surface area (Å²) in [6.45, 7) is 1.93. The van der Waals surface area contributed by atoms with Crippen molar-refractivity contribution in [3.63, 3.8) is 0 Å². The molecule has 1 aliphatic heterocycles. The van der Waals surface area contributed by atoms with E-state index in [2.05, 4.69) is 20.6 Å². The Kier molecular flexibility index (Phi) is 2.60. The van der Waals surface area contributed by atoms with E-state index in [9.17, 15) is 4.39 Å². The van der Waals surface area contributed by atoms with Gasteiger partial charge < -0.3 is 10.6 Å². The van der Waals surface area contributed by atoms with Crippen molar-refractivity contribution >= 4 is 16.9 Å². The second kappa shape index (κ2) is 4.25. The lowest BCUT2D eigenvalue weighted by Gasteiger charge is -2.11. The fourth-order valence-corrected chi connectivity index (χ4v) is 2.05. The van der Waals surface area contributed by atoms with Crippen molar-refractivity contribution in [3.8, 4) is 0 Å². The SMILES string of the molecule is Fc1cccc2nc(NC3CCNC3)ncc12. The number of nitrogens with one attached hydrogen (secondary N) is 2. The van der Waals surface area contributed by atoms with Gasteiger partial charge in [-0.05, 0) is 25.1 Å². The van der Waals surface area contributed by atoms with Crippen molar-refractivity contribution in [1.29, 1.82) is 0 Å². The molecule has 1 aromatic heterocycles. The Morgan fingerprint density at radius 2 is 2.35 bits per heavy atom. The van der Waals surface area contributed by atoms with Crippen LogP contribution in [-0.2, 0) is 0 Å². The van der Waals surface area contributed by atoms with E-state index in [0.29, 0.717) is 22.9 Å². The average Bonchev–Trinajstić information content (AvgIpc) is 2.82. The highest BCUT2D eigenvalue weighted by atomic mass is 19.1. The second-order valence-corrected chi connectivity index (χ2v) is 4.20. The summed E-state index contributed by atoms with van der Waals surface area (Å²) >= 11 is 0. The van der Waals surface area contributed by atoms with E-state index in [1.165, 1.54) is 12.3 Å². The van der Waals surface area contributed by atoms with Crippen LogP contribution in [0.1, 0.15) is 6.42 Å². The van der Waals surface area contributed by atoms with Crippen LogP contribution < -0.4 is 10.6 Å². The number of halogens is 1. The molecule has 2 N–H and O–H groups in total. The fourth-order valence-electron chi connectivity index (χ4n) is 2.05. The minimum atomic E-state index is -0.281. The number of aromatic nitrogens is 2. The van der Waals surface area contributed by atoms with E-state index in [0.717, 1.165) is 19.5 Å². The first-order valence-corrected chi connectivity index (χ1v) is 5.71. The van der Waals surface area contributed by atoms with E-state index in [1.54, 1.807) is 12.1 Å². The molecule has 1 saturated heterocycles. The summed E-state index contributed by atoms with van der Waals surface area (Å²) in [5, 5.41) is 6.97. The standard InChI is InChI=1S/C12H13FN4/c13-10-2-1-3-11-9(10)7-15-12(17-11)16-8-4-5-14-6-8/h1-3,7-8,14H,4-6H2,(H,15,16,17). The summed E-state index contributed by atoms with van der Waals surface area (Å²) in [7, 11) is 0. The Morgan fingerprint density at radius 3 is 3.18 bits per heavy atom. The van der Waals surface area contributed by atoms with Gasteiger partial charge in [0.05, 0.1) is 10.9 Å². The maximum absolute atomic E-state index is 13.4.